The summed E-state index contributed by atoms with van der Waals surface area (Å²) in [5.74, 6) is -3.65. The number of carbonyl (C=O) groups is 2. The first-order valence-electron chi connectivity index (χ1n) is 1.11. The molecule has 58 valence electrons. The zero-order chi connectivity index (χ0) is 5.15. The van der Waals surface area contributed by atoms with Gasteiger partial charge in [0, 0.05) is 0 Å². The Balaban J connectivity index is -0.0000000417. The van der Waals surface area contributed by atoms with Crippen molar-refractivity contribution in [2.75, 3.05) is 0 Å². The first-order chi connectivity index (χ1) is 2.64. The second kappa shape index (κ2) is 9.97. The summed E-state index contributed by atoms with van der Waals surface area (Å²) >= 11 is 0. The lowest BCUT2D eigenvalue weighted by atomic mass is 10.7. The van der Waals surface area contributed by atoms with Gasteiger partial charge in [-0.05, 0) is 0 Å². The van der Waals surface area contributed by atoms with Gasteiger partial charge in [-0.25, -0.2) is 9.59 Å². The molecule has 0 saturated carbocycles. The Kier molecular flexibility index (Phi) is 27.5. The summed E-state index contributed by atoms with van der Waals surface area (Å²) in [7, 11) is 0. The molecule has 0 atom stereocenters. The minimum absolute atomic E-state index is 0. The predicted octanol–water partition coefficient (Wildman–Crippen LogP) is -1.86. The summed E-state index contributed by atoms with van der Waals surface area (Å²) < 4.78 is 0. The number of aliphatic carboxylic acids is 2. The van der Waals surface area contributed by atoms with Crippen LogP contribution >= 0.6 is 0 Å². The van der Waals surface area contributed by atoms with E-state index in [2.05, 4.69) is 0 Å². The number of hydrogen-bond donors (Lipinski definition) is 2. The summed E-state index contributed by atoms with van der Waals surface area (Å²) in [5.41, 5.74) is 0. The largest absolute Gasteiger partial charge is 0.473 e. The fourth-order valence-corrected chi connectivity index (χ4v) is 0. The first kappa shape index (κ1) is 24.8. The standard InChI is InChI=1S/C2H2O4.CH4.2H2O/c3-1(4)2(5)6;;;/h(H,3,4)(H,5,6);1H4;2*1H2. The minimum Gasteiger partial charge on any atom is -0.473 e. The van der Waals surface area contributed by atoms with Crippen molar-refractivity contribution in [3.8, 4) is 0 Å². The van der Waals surface area contributed by atoms with Crippen LogP contribution in [0.4, 0.5) is 0 Å². The zero-order valence-corrected chi connectivity index (χ0v) is 3.71. The van der Waals surface area contributed by atoms with E-state index in [9.17, 15) is 0 Å². The van der Waals surface area contributed by atoms with Crippen LogP contribution < -0.4 is 0 Å². The van der Waals surface area contributed by atoms with Crippen molar-refractivity contribution in [1.82, 2.24) is 0 Å². The zero-order valence-electron chi connectivity index (χ0n) is 3.71. The van der Waals surface area contributed by atoms with Gasteiger partial charge in [-0.1, -0.05) is 7.43 Å². The number of hydrogen-bond acceptors (Lipinski definition) is 2. The van der Waals surface area contributed by atoms with Crippen LogP contribution in [0.1, 0.15) is 7.43 Å². The fourth-order valence-electron chi connectivity index (χ4n) is 0. The molecule has 0 rings (SSSR count). The molecule has 0 aliphatic carbocycles. The van der Waals surface area contributed by atoms with Crippen molar-refractivity contribution in [3.63, 3.8) is 0 Å². The van der Waals surface area contributed by atoms with Gasteiger partial charge in [-0.15, -0.1) is 0 Å². The Bertz CT molecular complexity index is 74.3. The Hall–Kier alpha value is -1.14. The highest BCUT2D eigenvalue weighted by molar-refractivity contribution is 6.27. The molecule has 0 radical (unpaired) electrons. The molecule has 0 aliphatic rings. The Labute approximate surface area is 51.3 Å². The monoisotopic (exact) mass is 142 g/mol. The van der Waals surface area contributed by atoms with Gasteiger partial charge in [-0.3, -0.25) is 0 Å². The Morgan fingerprint density at radius 3 is 1.00 bits per heavy atom. The van der Waals surface area contributed by atoms with Gasteiger partial charge in [0.2, 0.25) is 0 Å². The predicted molar refractivity (Wildman–Crippen MR) is 29.2 cm³/mol. The van der Waals surface area contributed by atoms with Crippen LogP contribution in [-0.2, 0) is 9.59 Å². The van der Waals surface area contributed by atoms with Crippen LogP contribution in [0.3, 0.4) is 0 Å². The lowest BCUT2D eigenvalue weighted by Crippen LogP contribution is -2.09. The molecular weight excluding hydrogens is 132 g/mol. The van der Waals surface area contributed by atoms with Crippen LogP contribution in [0.5, 0.6) is 0 Å². The average Bonchev–Trinajstić information content (AvgIpc) is 1.36. The summed E-state index contributed by atoms with van der Waals surface area (Å²) in [6.45, 7) is 0. The third-order valence-electron chi connectivity index (χ3n) is 0.183. The highest BCUT2D eigenvalue weighted by Gasteiger charge is 2.04. The summed E-state index contributed by atoms with van der Waals surface area (Å²) in [6, 6.07) is 0. The van der Waals surface area contributed by atoms with Crippen molar-refractivity contribution in [2.24, 2.45) is 0 Å². The molecule has 0 unspecified atom stereocenters. The second-order valence-corrected chi connectivity index (χ2v) is 0.610. The van der Waals surface area contributed by atoms with Gasteiger partial charge in [-0.2, -0.15) is 0 Å². The third kappa shape index (κ3) is 19.8. The third-order valence-corrected chi connectivity index (χ3v) is 0.183. The molecule has 0 aromatic rings. The molecule has 6 heteroatoms. The number of carboxylic acid groups (broad SMARTS) is 2. The normalized spacial score (nSPS) is 4.89. The van der Waals surface area contributed by atoms with Crippen LogP contribution in [0, 0.1) is 0 Å². The van der Waals surface area contributed by atoms with Crippen molar-refractivity contribution in [1.29, 1.82) is 0 Å². The van der Waals surface area contributed by atoms with E-state index < -0.39 is 11.9 Å². The molecular formula is C3H10O6. The molecule has 0 heterocycles. The summed E-state index contributed by atoms with van der Waals surface area (Å²) in [6.07, 6.45) is 0. The maximum absolute atomic E-state index is 9.10. The van der Waals surface area contributed by atoms with Crippen molar-refractivity contribution >= 4 is 11.9 Å². The molecule has 0 spiro atoms. The van der Waals surface area contributed by atoms with Crippen molar-refractivity contribution in [3.05, 3.63) is 0 Å². The van der Waals surface area contributed by atoms with E-state index in [1.165, 1.54) is 0 Å². The molecule has 0 aliphatic heterocycles. The van der Waals surface area contributed by atoms with Crippen LogP contribution in [0.25, 0.3) is 0 Å². The molecule has 9 heavy (non-hydrogen) atoms. The lowest BCUT2D eigenvalue weighted by molar-refractivity contribution is -0.159. The SMILES string of the molecule is C.O.O.O=C(O)C(=O)O. The van der Waals surface area contributed by atoms with E-state index in [1.54, 1.807) is 0 Å². The quantitative estimate of drug-likeness (QED) is 0.383. The van der Waals surface area contributed by atoms with E-state index in [4.69, 9.17) is 19.8 Å². The maximum Gasteiger partial charge on any atom is 0.414 e. The van der Waals surface area contributed by atoms with Crippen molar-refractivity contribution < 1.29 is 30.8 Å². The van der Waals surface area contributed by atoms with E-state index in [0.29, 0.717) is 0 Å². The number of carboxylic acids is 2. The van der Waals surface area contributed by atoms with E-state index in [-0.39, 0.29) is 18.4 Å². The molecule has 0 amide bonds. The first-order valence-corrected chi connectivity index (χ1v) is 1.11. The molecule has 0 fully saturated rings. The van der Waals surface area contributed by atoms with Gasteiger partial charge < -0.3 is 21.2 Å². The Morgan fingerprint density at radius 2 is 1.00 bits per heavy atom. The fraction of sp³-hybridized carbons (Fsp3) is 0.333. The van der Waals surface area contributed by atoms with Gasteiger partial charge in [0.05, 0.1) is 0 Å². The average molecular weight is 142 g/mol. The topological polar surface area (TPSA) is 138 Å². The Morgan fingerprint density at radius 1 is 0.889 bits per heavy atom. The smallest absolute Gasteiger partial charge is 0.414 e. The summed E-state index contributed by atoms with van der Waals surface area (Å²) in [4.78, 5) is 18.2. The maximum atomic E-state index is 9.10. The summed E-state index contributed by atoms with van der Waals surface area (Å²) in [5, 5.41) is 14.8. The second-order valence-electron chi connectivity index (χ2n) is 0.610. The van der Waals surface area contributed by atoms with Gasteiger partial charge in [0.1, 0.15) is 0 Å². The van der Waals surface area contributed by atoms with Crippen LogP contribution in [0.2, 0.25) is 0 Å². The highest BCUT2D eigenvalue weighted by atomic mass is 16.4. The van der Waals surface area contributed by atoms with E-state index in [0.717, 1.165) is 0 Å². The van der Waals surface area contributed by atoms with Crippen molar-refractivity contribution in [2.45, 2.75) is 7.43 Å². The van der Waals surface area contributed by atoms with Gasteiger partial charge in [0.15, 0.2) is 0 Å². The van der Waals surface area contributed by atoms with E-state index in [1.807, 2.05) is 0 Å². The molecule has 6 N–H and O–H groups in total. The van der Waals surface area contributed by atoms with Crippen LogP contribution in [-0.4, -0.2) is 33.1 Å². The van der Waals surface area contributed by atoms with Gasteiger partial charge in [0.25, 0.3) is 0 Å². The van der Waals surface area contributed by atoms with E-state index >= 15 is 0 Å². The van der Waals surface area contributed by atoms with Crippen LogP contribution in [0.15, 0.2) is 0 Å². The lowest BCUT2D eigenvalue weighted by Gasteiger charge is -1.72. The molecule has 0 aromatic carbocycles. The highest BCUT2D eigenvalue weighted by Crippen LogP contribution is 1.56. The molecule has 0 aromatic heterocycles. The molecule has 0 saturated heterocycles. The number of rotatable bonds is 0. The minimum atomic E-state index is -1.82. The van der Waals surface area contributed by atoms with Gasteiger partial charge >= 0.3 is 11.9 Å². The molecule has 0 bridgehead atoms. The molecule has 6 nitrogen and oxygen atoms in total.